The number of benzene rings is 1. The van der Waals surface area contributed by atoms with Crippen LogP contribution in [0.15, 0.2) is 29.1 Å². The SMILES string of the molecule is CCCCCCN[C@@H](C)c1nc2ccccc2c(=O)n1C. The van der Waals surface area contributed by atoms with Gasteiger partial charge >= 0.3 is 0 Å². The standard InChI is InChI=1S/C17H25N3O/c1-4-5-6-9-12-18-13(2)16-19-15-11-8-7-10-14(15)17(21)20(16)3/h7-8,10-11,13,18H,4-6,9,12H2,1-3H3/t13-/m0/s1. The molecule has 0 fully saturated rings. The highest BCUT2D eigenvalue weighted by molar-refractivity contribution is 5.77. The molecular formula is C17H25N3O. The molecule has 0 radical (unpaired) electrons. The lowest BCUT2D eigenvalue weighted by Crippen LogP contribution is -2.29. The van der Waals surface area contributed by atoms with Crippen molar-refractivity contribution in [3.05, 3.63) is 40.4 Å². The largest absolute Gasteiger partial charge is 0.308 e. The summed E-state index contributed by atoms with van der Waals surface area (Å²) < 4.78 is 1.66. The number of aromatic nitrogens is 2. The number of nitrogens with one attached hydrogen (secondary N) is 1. The predicted molar refractivity (Wildman–Crippen MR) is 87.5 cm³/mol. The zero-order valence-electron chi connectivity index (χ0n) is 13.2. The molecule has 0 saturated carbocycles. The number of hydrogen-bond donors (Lipinski definition) is 1. The molecule has 2 rings (SSSR count). The zero-order chi connectivity index (χ0) is 15.2. The lowest BCUT2D eigenvalue weighted by Gasteiger charge is -2.17. The fourth-order valence-electron chi connectivity index (χ4n) is 2.58. The van der Waals surface area contributed by atoms with Gasteiger partial charge in [0.2, 0.25) is 0 Å². The molecule has 1 aromatic heterocycles. The van der Waals surface area contributed by atoms with E-state index in [1.807, 2.05) is 24.3 Å². The normalized spacial score (nSPS) is 12.7. The molecule has 114 valence electrons. The Hall–Kier alpha value is -1.68. The van der Waals surface area contributed by atoms with Gasteiger partial charge in [-0.1, -0.05) is 38.3 Å². The van der Waals surface area contributed by atoms with Gasteiger partial charge in [-0.05, 0) is 32.0 Å². The van der Waals surface area contributed by atoms with Crippen molar-refractivity contribution in [3.63, 3.8) is 0 Å². The molecule has 21 heavy (non-hydrogen) atoms. The van der Waals surface area contributed by atoms with Gasteiger partial charge < -0.3 is 5.32 Å². The lowest BCUT2D eigenvalue weighted by molar-refractivity contribution is 0.500. The Bertz CT molecular complexity index is 648. The molecular weight excluding hydrogens is 262 g/mol. The van der Waals surface area contributed by atoms with Crippen LogP contribution in [0.1, 0.15) is 51.4 Å². The molecule has 4 nitrogen and oxygen atoms in total. The Kier molecular flexibility index (Phi) is 5.51. The van der Waals surface area contributed by atoms with E-state index in [0.717, 1.165) is 17.9 Å². The van der Waals surface area contributed by atoms with Crippen LogP contribution >= 0.6 is 0 Å². The number of nitrogens with zero attached hydrogens (tertiary/aromatic N) is 2. The third kappa shape index (κ3) is 3.70. The highest BCUT2D eigenvalue weighted by atomic mass is 16.1. The summed E-state index contributed by atoms with van der Waals surface area (Å²) >= 11 is 0. The first kappa shape index (κ1) is 15.7. The summed E-state index contributed by atoms with van der Waals surface area (Å²) in [6.07, 6.45) is 4.94. The highest BCUT2D eigenvalue weighted by Crippen LogP contribution is 2.12. The molecule has 0 amide bonds. The van der Waals surface area contributed by atoms with Gasteiger partial charge in [-0.15, -0.1) is 0 Å². The Morgan fingerprint density at radius 3 is 2.76 bits per heavy atom. The van der Waals surface area contributed by atoms with Crippen molar-refractivity contribution < 1.29 is 0 Å². The van der Waals surface area contributed by atoms with Gasteiger partial charge in [0.05, 0.1) is 16.9 Å². The third-order valence-corrected chi connectivity index (χ3v) is 3.89. The molecule has 0 bridgehead atoms. The van der Waals surface area contributed by atoms with Crippen molar-refractivity contribution in [1.29, 1.82) is 0 Å². The summed E-state index contributed by atoms with van der Waals surface area (Å²) in [4.78, 5) is 17.0. The Morgan fingerprint density at radius 2 is 2.00 bits per heavy atom. The van der Waals surface area contributed by atoms with Gasteiger partial charge in [-0.3, -0.25) is 9.36 Å². The van der Waals surface area contributed by atoms with Crippen LogP contribution in [0, 0.1) is 0 Å². The molecule has 2 aromatic rings. The minimum Gasteiger partial charge on any atom is -0.308 e. The first-order valence-electron chi connectivity index (χ1n) is 7.84. The average Bonchev–Trinajstić information content (AvgIpc) is 2.50. The molecule has 0 aliphatic heterocycles. The van der Waals surface area contributed by atoms with Crippen LogP contribution in [0.3, 0.4) is 0 Å². The number of hydrogen-bond acceptors (Lipinski definition) is 3. The molecule has 4 heteroatoms. The summed E-state index contributed by atoms with van der Waals surface area (Å²) in [5.41, 5.74) is 0.797. The van der Waals surface area contributed by atoms with Crippen molar-refractivity contribution in [3.8, 4) is 0 Å². The van der Waals surface area contributed by atoms with Crippen LogP contribution < -0.4 is 10.9 Å². The third-order valence-electron chi connectivity index (χ3n) is 3.89. The molecule has 1 N–H and O–H groups in total. The molecule has 0 aliphatic carbocycles. The van der Waals surface area contributed by atoms with E-state index in [2.05, 4.69) is 24.1 Å². The van der Waals surface area contributed by atoms with Crippen molar-refractivity contribution in [2.45, 2.75) is 45.6 Å². The van der Waals surface area contributed by atoms with Gasteiger partial charge in [0.1, 0.15) is 5.82 Å². The average molecular weight is 287 g/mol. The number of fused-ring (bicyclic) bond motifs is 1. The van der Waals surface area contributed by atoms with E-state index in [1.165, 1.54) is 25.7 Å². The second-order valence-electron chi connectivity index (χ2n) is 5.59. The van der Waals surface area contributed by atoms with E-state index < -0.39 is 0 Å². The first-order chi connectivity index (χ1) is 10.1. The summed E-state index contributed by atoms with van der Waals surface area (Å²) in [5, 5.41) is 4.15. The monoisotopic (exact) mass is 287 g/mol. The molecule has 1 heterocycles. The minimum absolute atomic E-state index is 0.0234. The number of para-hydroxylation sites is 1. The van der Waals surface area contributed by atoms with Gasteiger partial charge in [-0.2, -0.15) is 0 Å². The second kappa shape index (κ2) is 7.36. The highest BCUT2D eigenvalue weighted by Gasteiger charge is 2.13. The maximum Gasteiger partial charge on any atom is 0.261 e. The predicted octanol–water partition coefficient (Wildman–Crippen LogP) is 3.16. The van der Waals surface area contributed by atoms with Crippen LogP contribution in [0.5, 0.6) is 0 Å². The smallest absolute Gasteiger partial charge is 0.261 e. The van der Waals surface area contributed by atoms with E-state index in [1.54, 1.807) is 11.6 Å². The fourth-order valence-corrected chi connectivity index (χ4v) is 2.58. The van der Waals surface area contributed by atoms with E-state index in [-0.39, 0.29) is 11.6 Å². The summed E-state index contributed by atoms with van der Waals surface area (Å²) in [6.45, 7) is 5.24. The van der Waals surface area contributed by atoms with Crippen LogP contribution in [0.2, 0.25) is 0 Å². The molecule has 0 unspecified atom stereocenters. The molecule has 1 atom stereocenters. The van der Waals surface area contributed by atoms with Crippen molar-refractivity contribution in [2.75, 3.05) is 6.54 Å². The summed E-state index contributed by atoms with van der Waals surface area (Å²) in [7, 11) is 1.80. The van der Waals surface area contributed by atoms with E-state index in [9.17, 15) is 4.79 Å². The van der Waals surface area contributed by atoms with Gasteiger partial charge in [0.15, 0.2) is 0 Å². The van der Waals surface area contributed by atoms with E-state index in [4.69, 9.17) is 0 Å². The quantitative estimate of drug-likeness (QED) is 0.796. The minimum atomic E-state index is 0.0234. The summed E-state index contributed by atoms with van der Waals surface area (Å²) in [6, 6.07) is 7.60. The molecule has 0 saturated heterocycles. The Balaban J connectivity index is 2.14. The van der Waals surface area contributed by atoms with Crippen LogP contribution in [-0.4, -0.2) is 16.1 Å². The van der Waals surface area contributed by atoms with Crippen LogP contribution in [0.4, 0.5) is 0 Å². The first-order valence-corrected chi connectivity index (χ1v) is 7.84. The van der Waals surface area contributed by atoms with E-state index >= 15 is 0 Å². The topological polar surface area (TPSA) is 46.9 Å². The maximum atomic E-state index is 12.4. The van der Waals surface area contributed by atoms with Crippen LogP contribution in [0.25, 0.3) is 10.9 Å². The second-order valence-corrected chi connectivity index (χ2v) is 5.59. The van der Waals surface area contributed by atoms with Gasteiger partial charge in [0, 0.05) is 7.05 Å². The Morgan fingerprint density at radius 1 is 1.24 bits per heavy atom. The maximum absolute atomic E-state index is 12.4. The number of unbranched alkanes of at least 4 members (excludes halogenated alkanes) is 3. The fraction of sp³-hybridized carbons (Fsp3) is 0.529. The lowest BCUT2D eigenvalue weighted by atomic mass is 10.2. The van der Waals surface area contributed by atoms with E-state index in [0.29, 0.717) is 5.39 Å². The molecule has 1 aromatic carbocycles. The van der Waals surface area contributed by atoms with Crippen molar-refractivity contribution >= 4 is 10.9 Å². The van der Waals surface area contributed by atoms with Gasteiger partial charge in [0.25, 0.3) is 5.56 Å². The molecule has 0 aliphatic rings. The zero-order valence-corrected chi connectivity index (χ0v) is 13.2. The summed E-state index contributed by atoms with van der Waals surface area (Å²) in [5.74, 6) is 0.800. The van der Waals surface area contributed by atoms with Crippen molar-refractivity contribution in [2.24, 2.45) is 7.05 Å². The molecule has 0 spiro atoms. The van der Waals surface area contributed by atoms with Gasteiger partial charge in [-0.25, -0.2) is 4.98 Å². The van der Waals surface area contributed by atoms with Crippen molar-refractivity contribution in [1.82, 2.24) is 14.9 Å². The van der Waals surface area contributed by atoms with Crippen LogP contribution in [-0.2, 0) is 7.05 Å². The number of rotatable bonds is 7. The Labute approximate surface area is 126 Å².